The molecule has 1 aromatic heterocycles. The molecule has 29 heavy (non-hydrogen) atoms. The smallest absolute Gasteiger partial charge is 0.226 e. The van der Waals surface area contributed by atoms with Crippen LogP contribution in [0.3, 0.4) is 0 Å². The minimum atomic E-state index is -0.343. The van der Waals surface area contributed by atoms with Crippen LogP contribution in [0.15, 0.2) is 30.3 Å². The van der Waals surface area contributed by atoms with Crippen molar-refractivity contribution in [2.75, 3.05) is 5.32 Å². The van der Waals surface area contributed by atoms with Crippen molar-refractivity contribution in [2.45, 2.75) is 65.8 Å². The van der Waals surface area contributed by atoms with Gasteiger partial charge in [0.25, 0.3) is 0 Å². The van der Waals surface area contributed by atoms with Crippen molar-refractivity contribution in [1.29, 1.82) is 0 Å². The fourth-order valence-electron chi connectivity index (χ4n) is 2.54. The quantitative estimate of drug-likeness (QED) is 0.729. The molecule has 0 saturated heterocycles. The summed E-state index contributed by atoms with van der Waals surface area (Å²) < 4.78 is 14.9. The lowest BCUT2D eigenvalue weighted by Crippen LogP contribution is -2.36. The standard InChI is InChI=1S/C22H31FN4O2/c1-14(2)15(3)24-20(28)11-12-21(29)25-19-13-18(22(4,5)6)26-27(19)17-9-7-16(23)8-10-17/h7-10,13-15H,11-12H2,1-6H3,(H,24,28)(H,25,29). The molecule has 2 aromatic rings. The van der Waals surface area contributed by atoms with Crippen molar-refractivity contribution in [1.82, 2.24) is 15.1 Å². The third-order valence-corrected chi connectivity index (χ3v) is 4.78. The molecule has 0 radical (unpaired) electrons. The van der Waals surface area contributed by atoms with Gasteiger partial charge in [-0.05, 0) is 37.1 Å². The third-order valence-electron chi connectivity index (χ3n) is 4.78. The zero-order chi connectivity index (χ0) is 21.8. The van der Waals surface area contributed by atoms with Crippen molar-refractivity contribution in [2.24, 2.45) is 5.92 Å². The molecule has 0 spiro atoms. The molecule has 2 amide bonds. The number of amides is 2. The van der Waals surface area contributed by atoms with E-state index in [1.165, 1.54) is 12.1 Å². The maximum absolute atomic E-state index is 13.3. The first-order valence-corrected chi connectivity index (χ1v) is 9.93. The fourth-order valence-corrected chi connectivity index (χ4v) is 2.54. The van der Waals surface area contributed by atoms with E-state index >= 15 is 0 Å². The van der Waals surface area contributed by atoms with Crippen LogP contribution in [0.5, 0.6) is 0 Å². The van der Waals surface area contributed by atoms with Crippen molar-refractivity contribution in [3.63, 3.8) is 0 Å². The van der Waals surface area contributed by atoms with Crippen molar-refractivity contribution < 1.29 is 14.0 Å². The second kappa shape index (κ2) is 9.20. The zero-order valence-corrected chi connectivity index (χ0v) is 18.0. The lowest BCUT2D eigenvalue weighted by Gasteiger charge is -2.17. The Morgan fingerprint density at radius 3 is 2.21 bits per heavy atom. The summed E-state index contributed by atoms with van der Waals surface area (Å²) in [7, 11) is 0. The van der Waals surface area contributed by atoms with Crippen LogP contribution in [0.25, 0.3) is 5.69 Å². The molecule has 1 unspecified atom stereocenters. The summed E-state index contributed by atoms with van der Waals surface area (Å²) in [5.41, 5.74) is 1.21. The molecule has 1 aromatic carbocycles. The molecule has 0 aliphatic heterocycles. The molecule has 7 heteroatoms. The van der Waals surface area contributed by atoms with Crippen LogP contribution in [0.4, 0.5) is 10.2 Å². The van der Waals surface area contributed by atoms with E-state index in [0.29, 0.717) is 17.4 Å². The second-order valence-corrected chi connectivity index (χ2v) is 8.70. The van der Waals surface area contributed by atoms with Gasteiger partial charge in [-0.15, -0.1) is 0 Å². The van der Waals surface area contributed by atoms with Gasteiger partial charge >= 0.3 is 0 Å². The van der Waals surface area contributed by atoms with Crippen LogP contribution in [0.2, 0.25) is 0 Å². The van der Waals surface area contributed by atoms with E-state index < -0.39 is 0 Å². The number of benzene rings is 1. The number of nitrogens with zero attached hydrogens (tertiary/aromatic N) is 2. The molecule has 0 aliphatic rings. The molecule has 6 nitrogen and oxygen atoms in total. The van der Waals surface area contributed by atoms with E-state index in [9.17, 15) is 14.0 Å². The van der Waals surface area contributed by atoms with Gasteiger partial charge in [0, 0.05) is 30.4 Å². The molecular formula is C22H31FN4O2. The zero-order valence-electron chi connectivity index (χ0n) is 18.0. The van der Waals surface area contributed by atoms with Gasteiger partial charge in [0.15, 0.2) is 0 Å². The monoisotopic (exact) mass is 402 g/mol. The van der Waals surface area contributed by atoms with Crippen LogP contribution >= 0.6 is 0 Å². The summed E-state index contributed by atoms with van der Waals surface area (Å²) in [6.07, 6.45) is 0.176. The predicted octanol–water partition coefficient (Wildman–Crippen LogP) is 4.19. The number of hydrogen-bond acceptors (Lipinski definition) is 3. The van der Waals surface area contributed by atoms with E-state index in [1.54, 1.807) is 16.8 Å². The Kier molecular flexibility index (Phi) is 7.16. The minimum Gasteiger partial charge on any atom is -0.353 e. The van der Waals surface area contributed by atoms with Gasteiger partial charge in [-0.1, -0.05) is 34.6 Å². The Bertz CT molecular complexity index is 851. The average Bonchev–Trinajstić information content (AvgIpc) is 3.04. The molecular weight excluding hydrogens is 371 g/mol. The van der Waals surface area contributed by atoms with Gasteiger partial charge < -0.3 is 10.6 Å². The summed E-state index contributed by atoms with van der Waals surface area (Å²) >= 11 is 0. The largest absolute Gasteiger partial charge is 0.353 e. The molecule has 2 N–H and O–H groups in total. The lowest BCUT2D eigenvalue weighted by molar-refractivity contribution is -0.125. The van der Waals surface area contributed by atoms with Crippen molar-refractivity contribution in [3.8, 4) is 5.69 Å². The summed E-state index contributed by atoms with van der Waals surface area (Å²) in [5.74, 6) is 0.0464. The number of nitrogens with one attached hydrogen (secondary N) is 2. The summed E-state index contributed by atoms with van der Waals surface area (Å²) in [6.45, 7) is 12.1. The number of carbonyl (C=O) groups excluding carboxylic acids is 2. The number of carbonyl (C=O) groups is 2. The highest BCUT2D eigenvalue weighted by Gasteiger charge is 2.22. The van der Waals surface area contributed by atoms with E-state index in [1.807, 2.05) is 47.6 Å². The topological polar surface area (TPSA) is 76.0 Å². The number of hydrogen-bond donors (Lipinski definition) is 2. The van der Waals surface area contributed by atoms with Crippen molar-refractivity contribution >= 4 is 17.6 Å². The second-order valence-electron chi connectivity index (χ2n) is 8.70. The molecule has 158 valence electrons. The van der Waals surface area contributed by atoms with Crippen LogP contribution in [-0.4, -0.2) is 27.6 Å². The Morgan fingerprint density at radius 2 is 1.66 bits per heavy atom. The van der Waals surface area contributed by atoms with Gasteiger partial charge in [-0.2, -0.15) is 5.10 Å². The van der Waals surface area contributed by atoms with Crippen molar-refractivity contribution in [3.05, 3.63) is 41.8 Å². The molecule has 1 atom stereocenters. The number of aromatic nitrogens is 2. The lowest BCUT2D eigenvalue weighted by atomic mass is 9.92. The average molecular weight is 403 g/mol. The maximum atomic E-state index is 13.3. The van der Waals surface area contributed by atoms with Gasteiger partial charge in [-0.3, -0.25) is 9.59 Å². The Labute approximate surface area is 171 Å². The molecule has 0 bridgehead atoms. The summed E-state index contributed by atoms with van der Waals surface area (Å²) in [5, 5.41) is 10.3. The van der Waals surface area contributed by atoms with E-state index in [0.717, 1.165) is 5.69 Å². The van der Waals surface area contributed by atoms with Gasteiger partial charge in [-0.25, -0.2) is 9.07 Å². The Morgan fingerprint density at radius 1 is 1.07 bits per heavy atom. The SMILES string of the molecule is CC(C)C(C)NC(=O)CCC(=O)Nc1cc(C(C)(C)C)nn1-c1ccc(F)cc1. The third kappa shape index (κ3) is 6.41. The van der Waals surface area contributed by atoms with Gasteiger partial charge in [0.2, 0.25) is 11.8 Å². The molecule has 0 fully saturated rings. The number of anilines is 1. The molecule has 0 saturated carbocycles. The molecule has 0 aliphatic carbocycles. The minimum absolute atomic E-state index is 0.0554. The maximum Gasteiger partial charge on any atom is 0.226 e. The number of halogens is 1. The summed E-state index contributed by atoms with van der Waals surface area (Å²) in [4.78, 5) is 24.5. The van der Waals surface area contributed by atoms with E-state index in [2.05, 4.69) is 15.7 Å². The highest BCUT2D eigenvalue weighted by Crippen LogP contribution is 2.26. The summed E-state index contributed by atoms with van der Waals surface area (Å²) in [6, 6.07) is 7.76. The van der Waals surface area contributed by atoms with Crippen LogP contribution in [0.1, 0.15) is 60.1 Å². The molecule has 1 heterocycles. The van der Waals surface area contributed by atoms with Crippen LogP contribution in [-0.2, 0) is 15.0 Å². The van der Waals surface area contributed by atoms with Gasteiger partial charge in [0.05, 0.1) is 11.4 Å². The normalized spacial score (nSPS) is 12.7. The number of rotatable bonds is 7. The Hall–Kier alpha value is -2.70. The van der Waals surface area contributed by atoms with Crippen LogP contribution < -0.4 is 10.6 Å². The first-order chi connectivity index (χ1) is 13.5. The van der Waals surface area contributed by atoms with E-state index in [-0.39, 0.29) is 41.9 Å². The Balaban J connectivity index is 2.12. The predicted molar refractivity (Wildman–Crippen MR) is 113 cm³/mol. The van der Waals surface area contributed by atoms with E-state index in [4.69, 9.17) is 0 Å². The fraction of sp³-hybridized carbons (Fsp3) is 0.500. The van der Waals surface area contributed by atoms with Crippen LogP contribution in [0, 0.1) is 11.7 Å². The first kappa shape index (κ1) is 22.6. The first-order valence-electron chi connectivity index (χ1n) is 9.93. The highest BCUT2D eigenvalue weighted by atomic mass is 19.1. The van der Waals surface area contributed by atoms with Gasteiger partial charge in [0.1, 0.15) is 11.6 Å². The highest BCUT2D eigenvalue weighted by molar-refractivity contribution is 5.92. The molecule has 2 rings (SSSR count).